The fourth-order valence-electron chi connectivity index (χ4n) is 3.81. The van der Waals surface area contributed by atoms with E-state index in [1.54, 1.807) is 0 Å². The first kappa shape index (κ1) is 19.2. The third-order valence-corrected chi connectivity index (χ3v) is 6.74. The fourth-order valence-corrected chi connectivity index (χ4v) is 5.00. The lowest BCUT2D eigenvalue weighted by molar-refractivity contribution is 0.242. The molecule has 0 radical (unpaired) electrons. The summed E-state index contributed by atoms with van der Waals surface area (Å²) in [6, 6.07) is 22.2. The van der Waals surface area contributed by atoms with Crippen molar-refractivity contribution >= 4 is 22.9 Å². The summed E-state index contributed by atoms with van der Waals surface area (Å²) < 4.78 is 0. The SMILES string of the molecule is O=c1[nH]c(-c2ccc(Cl)cc2)nc2c1CCN(Cc1ccc(-c3ccccc3)s1)C2. The Bertz CT molecular complexity index is 1230. The van der Waals surface area contributed by atoms with Crippen LogP contribution in [0.4, 0.5) is 0 Å². The van der Waals surface area contributed by atoms with Crippen molar-refractivity contribution in [3.05, 3.63) is 98.2 Å². The van der Waals surface area contributed by atoms with Crippen LogP contribution in [-0.4, -0.2) is 21.4 Å². The molecule has 4 aromatic rings. The summed E-state index contributed by atoms with van der Waals surface area (Å²) in [5.74, 6) is 0.597. The molecular weight excluding hydrogens is 414 g/mol. The number of hydrogen-bond donors (Lipinski definition) is 1. The number of H-pyrrole nitrogens is 1. The molecule has 0 saturated heterocycles. The number of rotatable bonds is 4. The molecule has 0 aliphatic carbocycles. The van der Waals surface area contributed by atoms with Crippen molar-refractivity contribution in [1.29, 1.82) is 0 Å². The van der Waals surface area contributed by atoms with Gasteiger partial charge < -0.3 is 4.98 Å². The van der Waals surface area contributed by atoms with Gasteiger partial charge in [0.15, 0.2) is 0 Å². The molecule has 0 fully saturated rings. The zero-order valence-corrected chi connectivity index (χ0v) is 17.8. The lowest BCUT2D eigenvalue weighted by atomic mass is 10.1. The van der Waals surface area contributed by atoms with E-state index in [9.17, 15) is 4.79 Å². The monoisotopic (exact) mass is 433 g/mol. The Hall–Kier alpha value is -2.73. The number of halogens is 1. The molecule has 0 spiro atoms. The number of benzene rings is 2. The molecule has 0 amide bonds. The molecule has 6 heteroatoms. The van der Waals surface area contributed by atoms with Crippen LogP contribution < -0.4 is 5.56 Å². The summed E-state index contributed by atoms with van der Waals surface area (Å²) in [6.07, 6.45) is 0.718. The van der Waals surface area contributed by atoms with Gasteiger partial charge in [-0.2, -0.15) is 0 Å². The van der Waals surface area contributed by atoms with Crippen LogP contribution in [-0.2, 0) is 19.5 Å². The molecule has 2 aromatic carbocycles. The second kappa shape index (κ2) is 8.19. The lowest BCUT2D eigenvalue weighted by Crippen LogP contribution is -2.34. The Labute approximate surface area is 183 Å². The van der Waals surface area contributed by atoms with Crippen LogP contribution in [0.3, 0.4) is 0 Å². The van der Waals surface area contributed by atoms with Gasteiger partial charge in [-0.05, 0) is 48.4 Å². The molecule has 0 bridgehead atoms. The molecule has 3 heterocycles. The number of hydrogen-bond acceptors (Lipinski definition) is 4. The Balaban J connectivity index is 1.36. The number of aromatic nitrogens is 2. The maximum atomic E-state index is 12.6. The Morgan fingerprint density at radius 2 is 1.80 bits per heavy atom. The minimum absolute atomic E-state index is 0.0351. The van der Waals surface area contributed by atoms with Gasteiger partial charge in [0.2, 0.25) is 0 Å². The number of fused-ring (bicyclic) bond motifs is 1. The van der Waals surface area contributed by atoms with Crippen LogP contribution in [0.1, 0.15) is 16.1 Å². The van der Waals surface area contributed by atoms with Crippen LogP contribution in [0.15, 0.2) is 71.5 Å². The van der Waals surface area contributed by atoms with Crippen molar-refractivity contribution in [2.45, 2.75) is 19.5 Å². The van der Waals surface area contributed by atoms with Gasteiger partial charge in [-0.15, -0.1) is 11.3 Å². The molecule has 1 aliphatic rings. The Kier molecular flexibility index (Phi) is 5.25. The number of nitrogens with zero attached hydrogens (tertiary/aromatic N) is 2. The first-order valence-electron chi connectivity index (χ1n) is 9.90. The average Bonchev–Trinajstić information content (AvgIpc) is 3.23. The van der Waals surface area contributed by atoms with Crippen LogP contribution in [0, 0.1) is 0 Å². The second-order valence-electron chi connectivity index (χ2n) is 7.44. The molecule has 5 rings (SSSR count). The summed E-state index contributed by atoms with van der Waals surface area (Å²) >= 11 is 7.81. The maximum absolute atomic E-state index is 12.6. The fraction of sp³-hybridized carbons (Fsp3) is 0.167. The van der Waals surface area contributed by atoms with Gasteiger partial charge in [-0.3, -0.25) is 9.69 Å². The quantitative estimate of drug-likeness (QED) is 0.470. The highest BCUT2D eigenvalue weighted by molar-refractivity contribution is 7.15. The van der Waals surface area contributed by atoms with Crippen LogP contribution in [0.5, 0.6) is 0 Å². The normalized spacial score (nSPS) is 13.9. The number of nitrogens with one attached hydrogen (secondary N) is 1. The van der Waals surface area contributed by atoms with E-state index >= 15 is 0 Å². The zero-order valence-electron chi connectivity index (χ0n) is 16.3. The summed E-state index contributed by atoms with van der Waals surface area (Å²) in [4.78, 5) is 25.3. The molecule has 0 atom stereocenters. The predicted octanol–water partition coefficient (Wildman–Crippen LogP) is 5.38. The van der Waals surface area contributed by atoms with Crippen LogP contribution in [0.2, 0.25) is 5.02 Å². The third kappa shape index (κ3) is 3.97. The molecule has 0 unspecified atom stereocenters. The van der Waals surface area contributed by atoms with Gasteiger partial charge in [-0.25, -0.2) is 4.98 Å². The minimum atomic E-state index is -0.0351. The first-order chi connectivity index (χ1) is 14.7. The highest BCUT2D eigenvalue weighted by Gasteiger charge is 2.22. The number of thiophene rings is 1. The van der Waals surface area contributed by atoms with E-state index in [2.05, 4.69) is 46.3 Å². The van der Waals surface area contributed by atoms with Crippen molar-refractivity contribution in [3.8, 4) is 21.8 Å². The van der Waals surface area contributed by atoms with Gasteiger partial charge in [0, 0.05) is 45.5 Å². The molecule has 30 heavy (non-hydrogen) atoms. The number of aromatic amines is 1. The topological polar surface area (TPSA) is 49.0 Å². The van der Waals surface area contributed by atoms with Crippen molar-refractivity contribution < 1.29 is 0 Å². The second-order valence-corrected chi connectivity index (χ2v) is 9.04. The van der Waals surface area contributed by atoms with Gasteiger partial charge in [0.25, 0.3) is 5.56 Å². The smallest absolute Gasteiger partial charge is 0.254 e. The van der Waals surface area contributed by atoms with E-state index in [1.807, 2.05) is 41.7 Å². The Morgan fingerprint density at radius 1 is 1.00 bits per heavy atom. The van der Waals surface area contributed by atoms with E-state index in [0.717, 1.165) is 36.3 Å². The summed E-state index contributed by atoms with van der Waals surface area (Å²) in [7, 11) is 0. The summed E-state index contributed by atoms with van der Waals surface area (Å²) in [6.45, 7) is 2.40. The highest BCUT2D eigenvalue weighted by atomic mass is 35.5. The molecular formula is C24H20ClN3OS. The minimum Gasteiger partial charge on any atom is -0.306 e. The predicted molar refractivity (Wildman–Crippen MR) is 123 cm³/mol. The molecule has 1 N–H and O–H groups in total. The third-order valence-electron chi connectivity index (χ3n) is 5.37. The van der Waals surface area contributed by atoms with Crippen molar-refractivity contribution in [2.75, 3.05) is 6.54 Å². The van der Waals surface area contributed by atoms with E-state index < -0.39 is 0 Å². The highest BCUT2D eigenvalue weighted by Crippen LogP contribution is 2.29. The molecule has 2 aromatic heterocycles. The van der Waals surface area contributed by atoms with Gasteiger partial charge in [0.05, 0.1) is 5.69 Å². The van der Waals surface area contributed by atoms with E-state index in [-0.39, 0.29) is 5.56 Å². The summed E-state index contributed by atoms with van der Waals surface area (Å²) in [5, 5.41) is 0.663. The van der Waals surface area contributed by atoms with Gasteiger partial charge in [0.1, 0.15) is 5.82 Å². The van der Waals surface area contributed by atoms with E-state index in [0.29, 0.717) is 17.4 Å². The zero-order chi connectivity index (χ0) is 20.5. The lowest BCUT2D eigenvalue weighted by Gasteiger charge is -2.27. The standard InChI is InChI=1S/C24H20ClN3OS/c25-18-8-6-17(7-9-18)23-26-21-15-28(13-12-20(21)24(29)27-23)14-19-10-11-22(30-19)16-4-2-1-3-5-16/h1-11H,12-15H2,(H,26,27,29). The van der Waals surface area contributed by atoms with Crippen molar-refractivity contribution in [2.24, 2.45) is 0 Å². The van der Waals surface area contributed by atoms with Crippen molar-refractivity contribution in [3.63, 3.8) is 0 Å². The maximum Gasteiger partial charge on any atom is 0.254 e. The van der Waals surface area contributed by atoms with Crippen LogP contribution >= 0.6 is 22.9 Å². The molecule has 4 nitrogen and oxygen atoms in total. The molecule has 1 aliphatic heterocycles. The average molecular weight is 434 g/mol. The van der Waals surface area contributed by atoms with E-state index in [4.69, 9.17) is 16.6 Å². The largest absolute Gasteiger partial charge is 0.306 e. The summed E-state index contributed by atoms with van der Waals surface area (Å²) in [5.41, 5.74) is 3.75. The first-order valence-corrected chi connectivity index (χ1v) is 11.1. The van der Waals surface area contributed by atoms with E-state index in [1.165, 1.54) is 15.3 Å². The molecule has 0 saturated carbocycles. The molecule has 150 valence electrons. The Morgan fingerprint density at radius 3 is 2.60 bits per heavy atom. The van der Waals surface area contributed by atoms with Gasteiger partial charge >= 0.3 is 0 Å². The van der Waals surface area contributed by atoms with Crippen molar-refractivity contribution in [1.82, 2.24) is 14.9 Å². The van der Waals surface area contributed by atoms with Gasteiger partial charge in [-0.1, -0.05) is 41.9 Å². The van der Waals surface area contributed by atoms with Crippen LogP contribution in [0.25, 0.3) is 21.8 Å².